The summed E-state index contributed by atoms with van der Waals surface area (Å²) in [5.41, 5.74) is 0. The van der Waals surface area contributed by atoms with E-state index in [0.29, 0.717) is 31.7 Å². The third kappa shape index (κ3) is 4.68. The van der Waals surface area contributed by atoms with Gasteiger partial charge in [0, 0.05) is 18.2 Å². The van der Waals surface area contributed by atoms with Gasteiger partial charge in [0.25, 0.3) is 0 Å². The van der Waals surface area contributed by atoms with Crippen molar-refractivity contribution < 1.29 is 23.1 Å². The molecule has 2 rings (SSSR count). The second-order valence-electron chi connectivity index (χ2n) is 5.81. The summed E-state index contributed by atoms with van der Waals surface area (Å²) in [6.45, 7) is 4.83. The van der Waals surface area contributed by atoms with Gasteiger partial charge in [0.2, 0.25) is 10.0 Å². The Kier molecular flexibility index (Phi) is 6.20. The maximum absolute atomic E-state index is 12.4. The standard InChI is InChI=1S/C16H24N2O5S/c1-3-18(11-16(19)20)13-8-12(9-13)17-24(21,22)15-7-5-6-14(10-15)23-4-2/h5-7,10,12-13,17H,3-4,8-9,11H2,1-2H3,(H,19,20). The fourth-order valence-electron chi connectivity index (χ4n) is 2.84. The quantitative estimate of drug-likeness (QED) is 0.692. The number of benzene rings is 1. The minimum atomic E-state index is -3.60. The molecule has 0 aromatic heterocycles. The molecule has 0 atom stereocenters. The van der Waals surface area contributed by atoms with Gasteiger partial charge in [-0.1, -0.05) is 13.0 Å². The van der Waals surface area contributed by atoms with Gasteiger partial charge < -0.3 is 9.84 Å². The Balaban J connectivity index is 1.94. The largest absolute Gasteiger partial charge is 0.494 e. The van der Waals surface area contributed by atoms with Crippen LogP contribution in [0.5, 0.6) is 5.75 Å². The lowest BCUT2D eigenvalue weighted by Crippen LogP contribution is -2.54. The molecular weight excluding hydrogens is 332 g/mol. The van der Waals surface area contributed by atoms with Crippen LogP contribution in [0.15, 0.2) is 29.2 Å². The summed E-state index contributed by atoms with van der Waals surface area (Å²) in [6.07, 6.45) is 1.23. The van der Waals surface area contributed by atoms with Gasteiger partial charge in [-0.15, -0.1) is 0 Å². The number of hydrogen-bond acceptors (Lipinski definition) is 5. The molecule has 1 aromatic rings. The molecule has 0 spiro atoms. The molecule has 1 fully saturated rings. The van der Waals surface area contributed by atoms with E-state index in [4.69, 9.17) is 9.84 Å². The van der Waals surface area contributed by atoms with E-state index in [2.05, 4.69) is 4.72 Å². The number of carboxylic acid groups (broad SMARTS) is 1. The van der Waals surface area contributed by atoms with Crippen LogP contribution in [0.4, 0.5) is 0 Å². The van der Waals surface area contributed by atoms with Crippen LogP contribution in [-0.2, 0) is 14.8 Å². The van der Waals surface area contributed by atoms with Gasteiger partial charge in [0.1, 0.15) is 5.75 Å². The number of nitrogens with one attached hydrogen (secondary N) is 1. The van der Waals surface area contributed by atoms with Crippen molar-refractivity contribution in [2.24, 2.45) is 0 Å². The maximum atomic E-state index is 12.4. The number of nitrogens with zero attached hydrogens (tertiary/aromatic N) is 1. The molecule has 0 bridgehead atoms. The molecule has 24 heavy (non-hydrogen) atoms. The van der Waals surface area contributed by atoms with E-state index in [1.54, 1.807) is 12.1 Å². The van der Waals surface area contributed by atoms with Gasteiger partial charge in [-0.05, 0) is 38.4 Å². The van der Waals surface area contributed by atoms with Gasteiger partial charge >= 0.3 is 5.97 Å². The molecule has 1 saturated carbocycles. The monoisotopic (exact) mass is 356 g/mol. The first-order chi connectivity index (χ1) is 11.4. The number of ether oxygens (including phenoxy) is 1. The minimum Gasteiger partial charge on any atom is -0.494 e. The van der Waals surface area contributed by atoms with Crippen LogP contribution in [0.25, 0.3) is 0 Å². The maximum Gasteiger partial charge on any atom is 0.317 e. The molecule has 134 valence electrons. The molecule has 1 aromatic carbocycles. The predicted octanol–water partition coefficient (Wildman–Crippen LogP) is 1.30. The summed E-state index contributed by atoms with van der Waals surface area (Å²) in [6, 6.07) is 6.34. The van der Waals surface area contributed by atoms with Crippen LogP contribution < -0.4 is 9.46 Å². The average Bonchev–Trinajstić information content (AvgIpc) is 2.49. The highest BCUT2D eigenvalue weighted by Gasteiger charge is 2.36. The molecule has 0 amide bonds. The topological polar surface area (TPSA) is 95.9 Å². The zero-order valence-electron chi connectivity index (χ0n) is 13.9. The van der Waals surface area contributed by atoms with E-state index in [1.807, 2.05) is 18.7 Å². The fraction of sp³-hybridized carbons (Fsp3) is 0.562. The smallest absolute Gasteiger partial charge is 0.317 e. The van der Waals surface area contributed by atoms with Crippen molar-refractivity contribution >= 4 is 16.0 Å². The summed E-state index contributed by atoms with van der Waals surface area (Å²) in [5.74, 6) is -0.348. The fourth-order valence-corrected chi connectivity index (χ4v) is 4.14. The summed E-state index contributed by atoms with van der Waals surface area (Å²) in [4.78, 5) is 12.9. The third-order valence-electron chi connectivity index (χ3n) is 4.12. The molecule has 0 radical (unpaired) electrons. The Morgan fingerprint density at radius 3 is 2.67 bits per heavy atom. The van der Waals surface area contributed by atoms with Gasteiger partial charge in [-0.2, -0.15) is 0 Å². The number of carboxylic acids is 1. The van der Waals surface area contributed by atoms with Crippen LogP contribution >= 0.6 is 0 Å². The number of rotatable bonds is 9. The second kappa shape index (κ2) is 7.96. The number of aliphatic carboxylic acids is 1. The molecular formula is C16H24N2O5S. The lowest BCUT2D eigenvalue weighted by molar-refractivity contribution is -0.139. The Hall–Kier alpha value is -1.64. The highest BCUT2D eigenvalue weighted by atomic mass is 32.2. The summed E-state index contributed by atoms with van der Waals surface area (Å²) in [5, 5.41) is 8.89. The van der Waals surface area contributed by atoms with Crippen molar-refractivity contribution in [3.8, 4) is 5.75 Å². The van der Waals surface area contributed by atoms with Crippen molar-refractivity contribution in [1.82, 2.24) is 9.62 Å². The van der Waals surface area contributed by atoms with Crippen LogP contribution in [0.3, 0.4) is 0 Å². The average molecular weight is 356 g/mol. The van der Waals surface area contributed by atoms with Crippen LogP contribution in [0, 0.1) is 0 Å². The molecule has 0 aliphatic heterocycles. The summed E-state index contributed by atoms with van der Waals surface area (Å²) < 4.78 is 32.9. The minimum absolute atomic E-state index is 0.0168. The van der Waals surface area contributed by atoms with Crippen molar-refractivity contribution in [2.45, 2.75) is 43.7 Å². The van der Waals surface area contributed by atoms with E-state index >= 15 is 0 Å². The van der Waals surface area contributed by atoms with Crippen LogP contribution in [-0.4, -0.2) is 56.2 Å². The molecule has 2 N–H and O–H groups in total. The first-order valence-electron chi connectivity index (χ1n) is 8.06. The molecule has 1 aliphatic rings. The number of carbonyl (C=O) groups is 1. The van der Waals surface area contributed by atoms with Gasteiger partial charge in [0.15, 0.2) is 0 Å². The predicted molar refractivity (Wildman–Crippen MR) is 89.6 cm³/mol. The summed E-state index contributed by atoms with van der Waals surface area (Å²) in [7, 11) is -3.60. The van der Waals surface area contributed by atoms with Gasteiger partial charge in [-0.3, -0.25) is 9.69 Å². The van der Waals surface area contributed by atoms with E-state index in [0.717, 1.165) is 0 Å². The molecule has 0 unspecified atom stereocenters. The van der Waals surface area contributed by atoms with Crippen molar-refractivity contribution in [2.75, 3.05) is 19.7 Å². The zero-order chi connectivity index (χ0) is 17.7. The number of sulfonamides is 1. The van der Waals surface area contributed by atoms with Crippen LogP contribution in [0.2, 0.25) is 0 Å². The second-order valence-corrected chi connectivity index (χ2v) is 7.52. The van der Waals surface area contributed by atoms with Crippen molar-refractivity contribution in [3.63, 3.8) is 0 Å². The van der Waals surface area contributed by atoms with Crippen molar-refractivity contribution in [1.29, 1.82) is 0 Å². The molecule has 0 saturated heterocycles. The lowest BCUT2D eigenvalue weighted by atomic mass is 9.86. The molecule has 1 aliphatic carbocycles. The van der Waals surface area contributed by atoms with Crippen molar-refractivity contribution in [3.05, 3.63) is 24.3 Å². The van der Waals surface area contributed by atoms with Gasteiger partial charge in [-0.25, -0.2) is 13.1 Å². The Morgan fingerprint density at radius 1 is 1.38 bits per heavy atom. The van der Waals surface area contributed by atoms with E-state index in [1.165, 1.54) is 12.1 Å². The lowest BCUT2D eigenvalue weighted by Gasteiger charge is -2.42. The van der Waals surface area contributed by atoms with Crippen LogP contribution in [0.1, 0.15) is 26.7 Å². The molecule has 8 heteroatoms. The molecule has 0 heterocycles. The number of hydrogen-bond donors (Lipinski definition) is 2. The molecule has 7 nitrogen and oxygen atoms in total. The van der Waals surface area contributed by atoms with E-state index in [9.17, 15) is 13.2 Å². The highest BCUT2D eigenvalue weighted by molar-refractivity contribution is 7.89. The Morgan fingerprint density at radius 2 is 2.08 bits per heavy atom. The first-order valence-corrected chi connectivity index (χ1v) is 9.55. The van der Waals surface area contributed by atoms with E-state index < -0.39 is 16.0 Å². The summed E-state index contributed by atoms with van der Waals surface area (Å²) >= 11 is 0. The SMILES string of the molecule is CCOc1cccc(S(=O)(=O)NC2CC(N(CC)CC(=O)O)C2)c1. The van der Waals surface area contributed by atoms with E-state index in [-0.39, 0.29) is 23.5 Å². The zero-order valence-corrected chi connectivity index (χ0v) is 14.8. The Labute approximate surface area is 142 Å². The highest BCUT2D eigenvalue weighted by Crippen LogP contribution is 2.27. The Bertz CT molecular complexity index is 671. The first kappa shape index (κ1) is 18.7. The normalized spacial score (nSPS) is 20.6. The third-order valence-corrected chi connectivity index (χ3v) is 5.64. The van der Waals surface area contributed by atoms with Gasteiger partial charge in [0.05, 0.1) is 18.0 Å². The number of likely N-dealkylation sites (N-methyl/N-ethyl adjacent to an activating group) is 1.